The summed E-state index contributed by atoms with van der Waals surface area (Å²) in [7, 11) is 0. The summed E-state index contributed by atoms with van der Waals surface area (Å²) in [4.78, 5) is 46.1. The first-order chi connectivity index (χ1) is 15.7. The molecule has 1 fully saturated rings. The second-order valence-electron chi connectivity index (χ2n) is 8.96. The molecule has 0 radical (unpaired) electrons. The Morgan fingerprint density at radius 1 is 1.27 bits per heavy atom. The van der Waals surface area contributed by atoms with Crippen LogP contribution in [0, 0.1) is 12.8 Å². The van der Waals surface area contributed by atoms with Crippen LogP contribution in [0.15, 0.2) is 27.8 Å². The molecule has 3 aromatic rings. The van der Waals surface area contributed by atoms with Gasteiger partial charge in [-0.25, -0.2) is 9.78 Å². The largest absolute Gasteiger partial charge is 0.348 e. The number of amides is 1. The molecule has 1 N–H and O–H groups in total. The smallest absolute Gasteiger partial charge is 0.333 e. The van der Waals surface area contributed by atoms with Gasteiger partial charge in [0.05, 0.1) is 0 Å². The van der Waals surface area contributed by atoms with Crippen molar-refractivity contribution in [2.24, 2.45) is 5.92 Å². The van der Waals surface area contributed by atoms with Crippen molar-refractivity contribution in [1.82, 2.24) is 14.1 Å². The topological polar surface area (TPSA) is 89.2 Å². The summed E-state index contributed by atoms with van der Waals surface area (Å²) in [5.41, 5.74) is 0.799. The fraction of sp³-hybridized carbons (Fsp3) is 0.478. The van der Waals surface area contributed by atoms with Gasteiger partial charge in [-0.3, -0.25) is 18.7 Å². The van der Waals surface area contributed by atoms with Crippen molar-refractivity contribution in [2.45, 2.75) is 53.1 Å². The van der Waals surface area contributed by atoms with Crippen molar-refractivity contribution in [3.63, 3.8) is 0 Å². The minimum atomic E-state index is -0.537. The Labute approximate surface area is 200 Å². The van der Waals surface area contributed by atoms with E-state index in [0.29, 0.717) is 21.3 Å². The Kier molecular flexibility index (Phi) is 6.63. The molecule has 0 spiro atoms. The number of aryl methyl sites for hydroxylation is 1. The SMILES string of the molecule is Cc1ccc(Cl)cc1NC(=O)Cn1c(=O)n(C(C)C)c(=O)c2sc(N3CCC(C)CC3)nc21. The summed E-state index contributed by atoms with van der Waals surface area (Å²) in [6.45, 7) is 9.12. The van der Waals surface area contributed by atoms with Gasteiger partial charge in [-0.1, -0.05) is 35.9 Å². The normalized spacial score (nSPS) is 14.9. The number of nitrogens with one attached hydrogen (secondary N) is 1. The molecule has 1 amide bonds. The predicted molar refractivity (Wildman–Crippen MR) is 134 cm³/mol. The van der Waals surface area contributed by atoms with Crippen LogP contribution in [0.5, 0.6) is 0 Å². The number of hydrogen-bond acceptors (Lipinski definition) is 6. The molecule has 176 valence electrons. The first-order valence-corrected chi connectivity index (χ1v) is 12.3. The van der Waals surface area contributed by atoms with Gasteiger partial charge in [-0.15, -0.1) is 0 Å². The molecule has 0 aliphatic carbocycles. The van der Waals surface area contributed by atoms with E-state index in [1.54, 1.807) is 26.0 Å². The van der Waals surface area contributed by atoms with Gasteiger partial charge in [0, 0.05) is 29.8 Å². The van der Waals surface area contributed by atoms with Crippen LogP contribution in [0.2, 0.25) is 5.02 Å². The number of carbonyl (C=O) groups excluding carboxylic acids is 1. The molecular weight excluding hydrogens is 462 g/mol. The minimum absolute atomic E-state index is 0.255. The minimum Gasteiger partial charge on any atom is -0.348 e. The standard InChI is InChI=1S/C23H28ClN5O3S/c1-13(2)29-21(31)19-20(26-22(33-19)27-9-7-14(3)8-10-27)28(23(29)32)12-18(30)25-17-11-16(24)6-5-15(17)4/h5-6,11,13-14H,7-10,12H2,1-4H3,(H,25,30). The van der Waals surface area contributed by atoms with Gasteiger partial charge in [0.1, 0.15) is 11.2 Å². The second kappa shape index (κ2) is 9.30. The third kappa shape index (κ3) is 4.70. The molecular formula is C23H28ClN5O3S. The fourth-order valence-electron chi connectivity index (χ4n) is 4.04. The Morgan fingerprint density at radius 2 is 1.97 bits per heavy atom. The lowest BCUT2D eigenvalue weighted by atomic mass is 10.00. The van der Waals surface area contributed by atoms with Crippen LogP contribution in [-0.2, 0) is 11.3 Å². The molecule has 0 unspecified atom stereocenters. The number of benzene rings is 1. The quantitative estimate of drug-likeness (QED) is 0.584. The zero-order chi connectivity index (χ0) is 23.9. The number of anilines is 2. The molecule has 0 saturated carbocycles. The highest BCUT2D eigenvalue weighted by atomic mass is 35.5. The molecule has 1 aromatic carbocycles. The van der Waals surface area contributed by atoms with Crippen molar-refractivity contribution < 1.29 is 4.79 Å². The Hall–Kier alpha value is -2.65. The van der Waals surface area contributed by atoms with Gasteiger partial charge in [-0.05, 0) is 57.2 Å². The molecule has 1 aliphatic rings. The van der Waals surface area contributed by atoms with Crippen LogP contribution in [0.3, 0.4) is 0 Å². The first-order valence-electron chi connectivity index (χ1n) is 11.1. The number of halogens is 1. The van der Waals surface area contributed by atoms with Crippen molar-refractivity contribution >= 4 is 50.0 Å². The maximum Gasteiger partial charge on any atom is 0.333 e. The lowest BCUT2D eigenvalue weighted by molar-refractivity contribution is -0.116. The maximum atomic E-state index is 13.3. The van der Waals surface area contributed by atoms with Crippen molar-refractivity contribution in [2.75, 3.05) is 23.3 Å². The fourth-order valence-corrected chi connectivity index (χ4v) is 5.27. The Balaban J connectivity index is 1.75. The molecule has 8 nitrogen and oxygen atoms in total. The van der Waals surface area contributed by atoms with E-state index in [2.05, 4.69) is 22.1 Å². The van der Waals surface area contributed by atoms with Gasteiger partial charge in [0.2, 0.25) is 5.91 Å². The van der Waals surface area contributed by atoms with E-state index in [0.717, 1.165) is 36.6 Å². The second-order valence-corrected chi connectivity index (χ2v) is 10.4. The molecule has 1 saturated heterocycles. The number of aromatic nitrogens is 3. The molecule has 33 heavy (non-hydrogen) atoms. The lowest BCUT2D eigenvalue weighted by Gasteiger charge is -2.29. The highest BCUT2D eigenvalue weighted by molar-refractivity contribution is 7.22. The molecule has 4 rings (SSSR count). The number of rotatable bonds is 5. The molecule has 2 aromatic heterocycles. The Morgan fingerprint density at radius 3 is 2.64 bits per heavy atom. The van der Waals surface area contributed by atoms with Crippen molar-refractivity contribution in [3.8, 4) is 0 Å². The highest BCUT2D eigenvalue weighted by Gasteiger charge is 2.24. The maximum absolute atomic E-state index is 13.3. The van der Waals surface area contributed by atoms with Gasteiger partial charge < -0.3 is 10.2 Å². The van der Waals surface area contributed by atoms with E-state index in [9.17, 15) is 14.4 Å². The van der Waals surface area contributed by atoms with Crippen molar-refractivity contribution in [1.29, 1.82) is 0 Å². The highest BCUT2D eigenvalue weighted by Crippen LogP contribution is 2.30. The first kappa shape index (κ1) is 23.5. The summed E-state index contributed by atoms with van der Waals surface area (Å²) in [5.74, 6) is 0.268. The zero-order valence-electron chi connectivity index (χ0n) is 19.2. The van der Waals surface area contributed by atoms with E-state index in [4.69, 9.17) is 11.6 Å². The molecule has 0 bridgehead atoms. The van der Waals surface area contributed by atoms with Crippen LogP contribution >= 0.6 is 22.9 Å². The van der Waals surface area contributed by atoms with E-state index >= 15 is 0 Å². The van der Waals surface area contributed by atoms with Crippen molar-refractivity contribution in [3.05, 3.63) is 49.6 Å². The lowest BCUT2D eigenvalue weighted by Crippen LogP contribution is -2.42. The average molecular weight is 490 g/mol. The number of carbonyl (C=O) groups is 1. The summed E-state index contributed by atoms with van der Waals surface area (Å²) in [6, 6.07) is 4.88. The number of fused-ring (bicyclic) bond motifs is 1. The third-order valence-electron chi connectivity index (χ3n) is 6.05. The molecule has 3 heterocycles. The molecule has 0 atom stereocenters. The average Bonchev–Trinajstić information content (AvgIpc) is 3.20. The van der Waals surface area contributed by atoms with Gasteiger partial charge >= 0.3 is 5.69 Å². The monoisotopic (exact) mass is 489 g/mol. The summed E-state index contributed by atoms with van der Waals surface area (Å²) in [5, 5.41) is 4.05. The van der Waals surface area contributed by atoms with Gasteiger partial charge in [0.25, 0.3) is 5.56 Å². The number of thiazole rings is 1. The third-order valence-corrected chi connectivity index (χ3v) is 7.38. The van der Waals surface area contributed by atoms with Crippen LogP contribution in [0.25, 0.3) is 10.3 Å². The van der Waals surface area contributed by atoms with E-state index in [1.807, 2.05) is 13.0 Å². The van der Waals surface area contributed by atoms with Crippen LogP contribution in [-0.4, -0.2) is 33.1 Å². The number of nitrogens with zero attached hydrogens (tertiary/aromatic N) is 4. The van der Waals surface area contributed by atoms with Crippen LogP contribution in [0.4, 0.5) is 10.8 Å². The van der Waals surface area contributed by atoms with E-state index in [1.165, 1.54) is 20.5 Å². The number of piperidine rings is 1. The molecule has 1 aliphatic heterocycles. The summed E-state index contributed by atoms with van der Waals surface area (Å²) >= 11 is 7.36. The van der Waals surface area contributed by atoms with Crippen LogP contribution in [0.1, 0.15) is 45.2 Å². The van der Waals surface area contributed by atoms with Crippen LogP contribution < -0.4 is 21.5 Å². The predicted octanol–water partition coefficient (Wildman–Crippen LogP) is 4.04. The summed E-state index contributed by atoms with van der Waals surface area (Å²) < 4.78 is 2.89. The Bertz CT molecular complexity index is 1320. The zero-order valence-corrected chi connectivity index (χ0v) is 20.8. The van der Waals surface area contributed by atoms with Gasteiger partial charge in [-0.2, -0.15) is 0 Å². The van der Waals surface area contributed by atoms with Gasteiger partial charge in [0.15, 0.2) is 10.8 Å². The molecule has 10 heteroatoms. The summed E-state index contributed by atoms with van der Waals surface area (Å²) in [6.07, 6.45) is 2.11. The number of hydrogen-bond donors (Lipinski definition) is 1. The van der Waals surface area contributed by atoms with E-state index < -0.39 is 5.69 Å². The van der Waals surface area contributed by atoms with E-state index in [-0.39, 0.29) is 29.7 Å².